The van der Waals surface area contributed by atoms with Crippen LogP contribution in [0.15, 0.2) is 0 Å². The highest BCUT2D eigenvalue weighted by molar-refractivity contribution is 8.00. The molecule has 2 atom stereocenters. The van der Waals surface area contributed by atoms with E-state index in [1.165, 1.54) is 6.92 Å². The van der Waals surface area contributed by atoms with Gasteiger partial charge in [-0.1, -0.05) is 13.3 Å². The molecule has 0 saturated heterocycles. The summed E-state index contributed by atoms with van der Waals surface area (Å²) in [5.41, 5.74) is 0. The molecular formula is C9H17NO4S. The molecule has 15 heavy (non-hydrogen) atoms. The minimum absolute atomic E-state index is 0.0508. The molecule has 0 spiro atoms. The molecule has 3 N–H and O–H groups in total. The van der Waals surface area contributed by atoms with Crippen molar-refractivity contribution >= 4 is 23.6 Å². The molecule has 6 heteroatoms. The number of carboxylic acid groups (broad SMARTS) is 1. The Bertz CT molecular complexity index is 220. The molecule has 5 nitrogen and oxygen atoms in total. The third-order valence-electron chi connectivity index (χ3n) is 1.64. The molecule has 0 rings (SSSR count). The minimum Gasteiger partial charge on any atom is -0.481 e. The summed E-state index contributed by atoms with van der Waals surface area (Å²) >= 11 is 1.16. The van der Waals surface area contributed by atoms with Gasteiger partial charge in [0.15, 0.2) is 0 Å². The molecule has 1 amide bonds. The lowest BCUT2D eigenvalue weighted by atomic mass is 10.3. The van der Waals surface area contributed by atoms with Crippen LogP contribution in [0.4, 0.5) is 0 Å². The van der Waals surface area contributed by atoms with E-state index in [2.05, 4.69) is 5.32 Å². The average Bonchev–Trinajstić information content (AvgIpc) is 2.14. The standard InChI is InChI=1S/C9H17NO4S/c1-3-4-7(15-5-8(12)13)10-9(14)6(2)11/h6-7,11H,3-5H2,1-2H3,(H,10,14)(H,12,13). The van der Waals surface area contributed by atoms with Gasteiger partial charge in [0.05, 0.1) is 11.1 Å². The van der Waals surface area contributed by atoms with Gasteiger partial charge in [0, 0.05) is 0 Å². The molecule has 0 bridgehead atoms. The minimum atomic E-state index is -1.06. The van der Waals surface area contributed by atoms with Crippen molar-refractivity contribution < 1.29 is 19.8 Å². The van der Waals surface area contributed by atoms with Crippen molar-refractivity contribution in [1.82, 2.24) is 5.32 Å². The summed E-state index contributed by atoms with van der Waals surface area (Å²) < 4.78 is 0. The van der Waals surface area contributed by atoms with Crippen LogP contribution in [0.1, 0.15) is 26.7 Å². The smallest absolute Gasteiger partial charge is 0.313 e. The van der Waals surface area contributed by atoms with Gasteiger partial charge in [-0.05, 0) is 13.3 Å². The third kappa shape index (κ3) is 7.21. The summed E-state index contributed by atoms with van der Waals surface area (Å²) in [5.74, 6) is -1.43. The van der Waals surface area contributed by atoms with Gasteiger partial charge in [0.25, 0.3) is 0 Å². The van der Waals surface area contributed by atoms with E-state index in [9.17, 15) is 9.59 Å². The predicted molar refractivity (Wildman–Crippen MR) is 58.6 cm³/mol. The van der Waals surface area contributed by atoms with Gasteiger partial charge in [-0.3, -0.25) is 9.59 Å². The van der Waals surface area contributed by atoms with E-state index < -0.39 is 18.0 Å². The number of amides is 1. The predicted octanol–water partition coefficient (Wildman–Crippen LogP) is 0.427. The number of aliphatic hydroxyl groups excluding tert-OH is 1. The number of hydrogen-bond donors (Lipinski definition) is 3. The molecule has 0 aromatic heterocycles. The maximum atomic E-state index is 11.2. The normalized spacial score (nSPS) is 14.3. The number of hydrogen-bond acceptors (Lipinski definition) is 4. The summed E-state index contributed by atoms with van der Waals surface area (Å²) in [6, 6.07) is 0. The lowest BCUT2D eigenvalue weighted by Crippen LogP contribution is -2.39. The Hall–Kier alpha value is -0.750. The average molecular weight is 235 g/mol. The first kappa shape index (κ1) is 14.2. The highest BCUT2D eigenvalue weighted by Crippen LogP contribution is 2.13. The Morgan fingerprint density at radius 3 is 2.47 bits per heavy atom. The van der Waals surface area contributed by atoms with Crippen LogP contribution in [0.3, 0.4) is 0 Å². The van der Waals surface area contributed by atoms with Gasteiger partial charge in [-0.25, -0.2) is 0 Å². The zero-order valence-corrected chi connectivity index (χ0v) is 9.71. The molecule has 0 radical (unpaired) electrons. The van der Waals surface area contributed by atoms with Gasteiger partial charge < -0.3 is 15.5 Å². The van der Waals surface area contributed by atoms with Crippen LogP contribution in [0.25, 0.3) is 0 Å². The summed E-state index contributed by atoms with van der Waals surface area (Å²) in [4.78, 5) is 21.5. The number of rotatable bonds is 7. The van der Waals surface area contributed by atoms with E-state index in [0.717, 1.165) is 18.2 Å². The first-order valence-electron chi connectivity index (χ1n) is 4.79. The number of thioether (sulfide) groups is 1. The molecule has 0 aromatic rings. The second-order valence-corrected chi connectivity index (χ2v) is 4.36. The quantitative estimate of drug-likeness (QED) is 0.557. The van der Waals surface area contributed by atoms with Gasteiger partial charge in [-0.2, -0.15) is 0 Å². The van der Waals surface area contributed by atoms with E-state index in [1.54, 1.807) is 0 Å². The summed E-state index contributed by atoms with van der Waals surface area (Å²) in [6.45, 7) is 3.32. The van der Waals surface area contributed by atoms with Crippen molar-refractivity contribution in [2.24, 2.45) is 0 Å². The number of carbonyl (C=O) groups excluding carboxylic acids is 1. The Kier molecular flexibility index (Phi) is 7.15. The Morgan fingerprint density at radius 1 is 1.47 bits per heavy atom. The monoisotopic (exact) mass is 235 g/mol. The number of carbonyl (C=O) groups is 2. The molecular weight excluding hydrogens is 218 g/mol. The fraction of sp³-hybridized carbons (Fsp3) is 0.778. The van der Waals surface area contributed by atoms with Crippen molar-refractivity contribution in [1.29, 1.82) is 0 Å². The zero-order chi connectivity index (χ0) is 11.8. The highest BCUT2D eigenvalue weighted by Gasteiger charge is 2.16. The molecule has 0 aliphatic rings. The largest absolute Gasteiger partial charge is 0.481 e. The molecule has 0 aromatic carbocycles. The fourth-order valence-electron chi connectivity index (χ4n) is 0.911. The second-order valence-electron chi connectivity index (χ2n) is 3.17. The SMILES string of the molecule is CCCC(NC(=O)C(C)O)SCC(=O)O. The fourth-order valence-corrected chi connectivity index (χ4v) is 1.86. The number of carboxylic acids is 1. The molecule has 0 aliphatic heterocycles. The third-order valence-corrected chi connectivity index (χ3v) is 2.81. The Balaban J connectivity index is 4.03. The molecule has 0 fully saturated rings. The molecule has 88 valence electrons. The summed E-state index contributed by atoms with van der Waals surface area (Å²) in [6.07, 6.45) is 0.475. The number of nitrogens with one attached hydrogen (secondary N) is 1. The van der Waals surface area contributed by atoms with Gasteiger partial charge in [0.2, 0.25) is 5.91 Å². The van der Waals surface area contributed by atoms with Gasteiger partial charge in [0.1, 0.15) is 6.10 Å². The second kappa shape index (κ2) is 7.53. The van der Waals surface area contributed by atoms with Crippen LogP contribution in [0.5, 0.6) is 0 Å². The Morgan fingerprint density at radius 2 is 2.07 bits per heavy atom. The van der Waals surface area contributed by atoms with Crippen LogP contribution in [0.2, 0.25) is 0 Å². The first-order valence-corrected chi connectivity index (χ1v) is 5.84. The van der Waals surface area contributed by atoms with E-state index in [0.29, 0.717) is 6.42 Å². The maximum Gasteiger partial charge on any atom is 0.313 e. The topological polar surface area (TPSA) is 86.6 Å². The zero-order valence-electron chi connectivity index (χ0n) is 8.90. The van der Waals surface area contributed by atoms with Crippen LogP contribution in [-0.2, 0) is 9.59 Å². The maximum absolute atomic E-state index is 11.2. The molecule has 2 unspecified atom stereocenters. The van der Waals surface area contributed by atoms with Crippen molar-refractivity contribution in [2.45, 2.75) is 38.2 Å². The van der Waals surface area contributed by atoms with Crippen LogP contribution < -0.4 is 5.32 Å². The summed E-state index contributed by atoms with van der Waals surface area (Å²) in [5, 5.41) is 19.8. The van der Waals surface area contributed by atoms with Gasteiger partial charge in [-0.15, -0.1) is 11.8 Å². The van der Waals surface area contributed by atoms with E-state index in [1.807, 2.05) is 6.92 Å². The number of aliphatic hydroxyl groups is 1. The summed E-state index contributed by atoms with van der Waals surface area (Å²) in [7, 11) is 0. The molecule has 0 aliphatic carbocycles. The van der Waals surface area contributed by atoms with Crippen LogP contribution in [0, 0.1) is 0 Å². The van der Waals surface area contributed by atoms with E-state index in [4.69, 9.17) is 10.2 Å². The van der Waals surface area contributed by atoms with Crippen molar-refractivity contribution in [3.8, 4) is 0 Å². The van der Waals surface area contributed by atoms with Crippen molar-refractivity contribution in [3.63, 3.8) is 0 Å². The first-order chi connectivity index (χ1) is 6.97. The highest BCUT2D eigenvalue weighted by atomic mass is 32.2. The van der Waals surface area contributed by atoms with Crippen molar-refractivity contribution in [3.05, 3.63) is 0 Å². The van der Waals surface area contributed by atoms with Gasteiger partial charge >= 0.3 is 5.97 Å². The molecule has 0 heterocycles. The van der Waals surface area contributed by atoms with E-state index >= 15 is 0 Å². The molecule has 0 saturated carbocycles. The number of aliphatic carboxylic acids is 1. The lowest BCUT2D eigenvalue weighted by Gasteiger charge is -2.17. The van der Waals surface area contributed by atoms with E-state index in [-0.39, 0.29) is 11.1 Å². The Labute approximate surface area is 93.2 Å². The van der Waals surface area contributed by atoms with Crippen molar-refractivity contribution in [2.75, 3.05) is 5.75 Å². The lowest BCUT2D eigenvalue weighted by molar-refractivity contribution is -0.134. The van der Waals surface area contributed by atoms with Crippen LogP contribution >= 0.6 is 11.8 Å². The van der Waals surface area contributed by atoms with Crippen LogP contribution in [-0.4, -0.2) is 39.3 Å².